The molecule has 0 aromatic heterocycles. The van der Waals surface area contributed by atoms with Crippen molar-refractivity contribution in [1.29, 1.82) is 5.26 Å². The number of ether oxygens (including phenoxy) is 1. The van der Waals surface area contributed by atoms with Gasteiger partial charge in [0.15, 0.2) is 0 Å². The molecule has 152 valence electrons. The lowest BCUT2D eigenvalue weighted by molar-refractivity contribution is -0.117. The van der Waals surface area contributed by atoms with Crippen molar-refractivity contribution >= 4 is 54.6 Å². The highest BCUT2D eigenvalue weighted by Gasteiger charge is 2.13. The highest BCUT2D eigenvalue weighted by atomic mass is 79.9. The second-order valence-electron chi connectivity index (χ2n) is 7.04. The molecule has 1 amide bonds. The van der Waals surface area contributed by atoms with Gasteiger partial charge in [0.25, 0.3) is 5.91 Å². The molecule has 0 aliphatic heterocycles. The fraction of sp³-hybridized carbons (Fsp3) is 0.167. The van der Waals surface area contributed by atoms with Crippen molar-refractivity contribution < 1.29 is 9.53 Å². The number of rotatable bonds is 6. The van der Waals surface area contributed by atoms with Gasteiger partial charge in [0.1, 0.15) is 24.0 Å². The molecule has 6 heteroatoms. The molecule has 0 fully saturated rings. The van der Waals surface area contributed by atoms with Crippen LogP contribution in [0.15, 0.2) is 69.1 Å². The minimum absolute atomic E-state index is 0.0439. The zero-order valence-electron chi connectivity index (χ0n) is 16.6. The number of carbonyl (C=O) groups excluding carboxylic acids is 1. The second-order valence-corrected chi connectivity index (χ2v) is 8.75. The predicted molar refractivity (Wildman–Crippen MR) is 127 cm³/mol. The van der Waals surface area contributed by atoms with Crippen molar-refractivity contribution in [2.75, 3.05) is 0 Å². The lowest BCUT2D eigenvalue weighted by atomic mass is 10.1. The van der Waals surface area contributed by atoms with Crippen LogP contribution in [0.2, 0.25) is 0 Å². The van der Waals surface area contributed by atoms with E-state index in [9.17, 15) is 10.1 Å². The Labute approximate surface area is 192 Å². The Kier molecular flexibility index (Phi) is 7.30. The largest absolute Gasteiger partial charge is 0.487 e. The van der Waals surface area contributed by atoms with Crippen molar-refractivity contribution in [3.63, 3.8) is 0 Å². The van der Waals surface area contributed by atoms with Gasteiger partial charge in [-0.05, 0) is 85.8 Å². The third-order valence-corrected chi connectivity index (χ3v) is 5.55. The Morgan fingerprint density at radius 3 is 2.47 bits per heavy atom. The van der Waals surface area contributed by atoms with Gasteiger partial charge < -0.3 is 10.1 Å². The first-order valence-electron chi connectivity index (χ1n) is 9.40. The van der Waals surface area contributed by atoms with E-state index in [0.717, 1.165) is 19.9 Å². The maximum absolute atomic E-state index is 12.1. The molecule has 0 aliphatic carbocycles. The molecular weight excluding hydrogens is 508 g/mol. The number of hydrogen-bond donors (Lipinski definition) is 1. The van der Waals surface area contributed by atoms with Crippen LogP contribution in [0.25, 0.3) is 16.8 Å². The van der Waals surface area contributed by atoms with Crippen LogP contribution in [0.5, 0.6) is 5.75 Å². The van der Waals surface area contributed by atoms with Crippen molar-refractivity contribution in [1.82, 2.24) is 5.32 Å². The van der Waals surface area contributed by atoms with Gasteiger partial charge >= 0.3 is 0 Å². The Balaban J connectivity index is 1.83. The lowest BCUT2D eigenvalue weighted by Crippen LogP contribution is -2.30. The maximum Gasteiger partial charge on any atom is 0.262 e. The molecule has 0 bridgehead atoms. The zero-order valence-corrected chi connectivity index (χ0v) is 19.7. The van der Waals surface area contributed by atoms with Gasteiger partial charge in [0.2, 0.25) is 0 Å². The van der Waals surface area contributed by atoms with Gasteiger partial charge in [-0.3, -0.25) is 4.79 Å². The number of fused-ring (bicyclic) bond motifs is 1. The number of nitrogens with one attached hydrogen (secondary N) is 1. The van der Waals surface area contributed by atoms with Crippen molar-refractivity contribution in [3.8, 4) is 11.8 Å². The summed E-state index contributed by atoms with van der Waals surface area (Å²) >= 11 is 7.09. The van der Waals surface area contributed by atoms with Crippen molar-refractivity contribution in [2.24, 2.45) is 0 Å². The quantitative estimate of drug-likeness (QED) is 0.299. The molecule has 1 N–H and O–H groups in total. The molecule has 0 spiro atoms. The minimum Gasteiger partial charge on any atom is -0.487 e. The Morgan fingerprint density at radius 1 is 1.13 bits per heavy atom. The van der Waals surface area contributed by atoms with Gasteiger partial charge in [-0.25, -0.2) is 0 Å². The molecule has 3 rings (SSSR count). The molecule has 0 atom stereocenters. The summed E-state index contributed by atoms with van der Waals surface area (Å²) in [5.41, 5.74) is 1.85. The number of nitrogens with zero attached hydrogens (tertiary/aromatic N) is 1. The standard InChI is InChI=1S/C24H20Br2N2O2/c1-15(2)28-24(29)19(13-27)10-16-11-21(25)23(22(26)12-16)30-14-18-8-5-7-17-6-3-4-9-20(17)18/h3-12,15H,14H2,1-2H3,(H,28,29)/b19-10-. The fourth-order valence-electron chi connectivity index (χ4n) is 3.02. The third kappa shape index (κ3) is 5.29. The van der Waals surface area contributed by atoms with E-state index < -0.39 is 5.91 Å². The molecule has 0 saturated carbocycles. The second kappa shape index (κ2) is 9.92. The predicted octanol–water partition coefficient (Wildman–Crippen LogP) is 6.38. The van der Waals surface area contributed by atoms with Crippen LogP contribution >= 0.6 is 31.9 Å². The number of amides is 1. The summed E-state index contributed by atoms with van der Waals surface area (Å²) < 4.78 is 7.54. The molecule has 0 unspecified atom stereocenters. The highest BCUT2D eigenvalue weighted by Crippen LogP contribution is 2.36. The van der Waals surface area contributed by atoms with E-state index in [2.05, 4.69) is 55.4 Å². The highest BCUT2D eigenvalue weighted by molar-refractivity contribution is 9.11. The summed E-state index contributed by atoms with van der Waals surface area (Å²) in [5.74, 6) is 0.265. The molecule has 3 aromatic carbocycles. The summed E-state index contributed by atoms with van der Waals surface area (Å²) in [6.07, 6.45) is 1.56. The Bertz CT molecular complexity index is 1140. The first kappa shape index (κ1) is 22.1. The SMILES string of the molecule is CC(C)NC(=O)/C(C#N)=C\c1cc(Br)c(OCc2cccc3ccccc23)c(Br)c1. The van der Waals surface area contributed by atoms with E-state index in [-0.39, 0.29) is 11.6 Å². The van der Waals surface area contributed by atoms with Crippen LogP contribution in [-0.4, -0.2) is 11.9 Å². The maximum atomic E-state index is 12.1. The number of hydrogen-bond acceptors (Lipinski definition) is 3. The minimum atomic E-state index is -0.393. The summed E-state index contributed by atoms with van der Waals surface area (Å²) in [4.78, 5) is 12.1. The van der Waals surface area contributed by atoms with Crippen molar-refractivity contribution in [2.45, 2.75) is 26.5 Å². The molecule has 3 aromatic rings. The molecule has 0 heterocycles. The number of benzene rings is 3. The van der Waals surface area contributed by atoms with Gasteiger partial charge in [-0.15, -0.1) is 0 Å². The number of nitriles is 1. The van der Waals surface area contributed by atoms with Crippen LogP contribution in [0, 0.1) is 11.3 Å². The van der Waals surface area contributed by atoms with Crippen LogP contribution < -0.4 is 10.1 Å². The summed E-state index contributed by atoms with van der Waals surface area (Å²) in [6.45, 7) is 4.11. The van der Waals surface area contributed by atoms with Crippen LogP contribution in [-0.2, 0) is 11.4 Å². The molecule has 4 nitrogen and oxygen atoms in total. The molecular formula is C24H20Br2N2O2. The van der Waals surface area contributed by atoms with E-state index >= 15 is 0 Å². The lowest BCUT2D eigenvalue weighted by Gasteiger charge is -2.13. The van der Waals surface area contributed by atoms with E-state index in [1.54, 1.807) is 6.08 Å². The van der Waals surface area contributed by atoms with Gasteiger partial charge in [-0.2, -0.15) is 5.26 Å². The van der Waals surface area contributed by atoms with E-state index in [1.165, 1.54) is 5.39 Å². The molecule has 30 heavy (non-hydrogen) atoms. The van der Waals surface area contributed by atoms with Crippen LogP contribution in [0.1, 0.15) is 25.0 Å². The smallest absolute Gasteiger partial charge is 0.262 e. The number of carbonyl (C=O) groups is 1. The third-order valence-electron chi connectivity index (χ3n) is 4.37. The van der Waals surface area contributed by atoms with Gasteiger partial charge in [0.05, 0.1) is 8.95 Å². The summed E-state index contributed by atoms with van der Waals surface area (Å²) in [6, 6.07) is 19.9. The van der Waals surface area contributed by atoms with E-state index in [0.29, 0.717) is 17.9 Å². The topological polar surface area (TPSA) is 62.1 Å². The summed E-state index contributed by atoms with van der Waals surface area (Å²) in [7, 11) is 0. The molecule has 0 saturated heterocycles. The van der Waals surface area contributed by atoms with Crippen molar-refractivity contribution in [3.05, 3.63) is 80.2 Å². The van der Waals surface area contributed by atoms with E-state index in [1.807, 2.05) is 56.3 Å². The normalized spacial score (nSPS) is 11.4. The zero-order chi connectivity index (χ0) is 21.7. The van der Waals surface area contributed by atoms with Gasteiger partial charge in [0, 0.05) is 6.04 Å². The first-order valence-corrected chi connectivity index (χ1v) is 11.0. The average Bonchev–Trinajstić information content (AvgIpc) is 2.71. The summed E-state index contributed by atoms with van der Waals surface area (Å²) in [5, 5.41) is 14.4. The fourth-order valence-corrected chi connectivity index (χ4v) is 4.47. The Morgan fingerprint density at radius 2 is 1.80 bits per heavy atom. The first-order chi connectivity index (χ1) is 14.4. The number of halogens is 2. The average molecular weight is 528 g/mol. The molecule has 0 aliphatic rings. The van der Waals surface area contributed by atoms with Crippen LogP contribution in [0.3, 0.4) is 0 Å². The Hall–Kier alpha value is -2.62. The monoisotopic (exact) mass is 526 g/mol. The van der Waals surface area contributed by atoms with E-state index in [4.69, 9.17) is 4.74 Å². The van der Waals surface area contributed by atoms with Gasteiger partial charge in [-0.1, -0.05) is 42.5 Å². The van der Waals surface area contributed by atoms with Crippen LogP contribution in [0.4, 0.5) is 0 Å². The molecule has 0 radical (unpaired) electrons.